The maximum absolute atomic E-state index is 12.7. The van der Waals surface area contributed by atoms with Crippen LogP contribution in [-0.2, 0) is 11.8 Å². The van der Waals surface area contributed by atoms with E-state index in [1.807, 2.05) is 38.2 Å². The summed E-state index contributed by atoms with van der Waals surface area (Å²) in [7, 11) is 1.81. The van der Waals surface area contributed by atoms with Crippen molar-refractivity contribution < 1.29 is 9.59 Å². The highest BCUT2D eigenvalue weighted by atomic mass is 32.2. The Morgan fingerprint density at radius 3 is 2.66 bits per heavy atom. The molecule has 0 aliphatic carbocycles. The van der Waals surface area contributed by atoms with Crippen LogP contribution in [0.5, 0.6) is 0 Å². The van der Waals surface area contributed by atoms with Gasteiger partial charge >= 0.3 is 0 Å². The molecule has 0 atom stereocenters. The van der Waals surface area contributed by atoms with E-state index in [2.05, 4.69) is 31.0 Å². The van der Waals surface area contributed by atoms with Gasteiger partial charge in [-0.05, 0) is 30.7 Å². The number of amides is 2. The van der Waals surface area contributed by atoms with Crippen LogP contribution in [0.1, 0.15) is 15.9 Å². The Morgan fingerprint density at radius 1 is 1.09 bits per heavy atom. The summed E-state index contributed by atoms with van der Waals surface area (Å²) in [4.78, 5) is 24.9. The Bertz CT molecular complexity index is 1250. The van der Waals surface area contributed by atoms with Gasteiger partial charge in [0.15, 0.2) is 11.0 Å². The Kier molecular flexibility index (Phi) is 6.31. The highest BCUT2D eigenvalue weighted by Crippen LogP contribution is 2.21. The van der Waals surface area contributed by atoms with Crippen LogP contribution < -0.4 is 10.6 Å². The summed E-state index contributed by atoms with van der Waals surface area (Å²) in [6, 6.07) is 16.5. The number of rotatable bonds is 7. The van der Waals surface area contributed by atoms with Crippen molar-refractivity contribution in [2.75, 3.05) is 16.4 Å². The molecule has 4 aromatic rings. The lowest BCUT2D eigenvalue weighted by atomic mass is 10.1. The van der Waals surface area contributed by atoms with Crippen molar-refractivity contribution in [1.82, 2.24) is 25.0 Å². The Labute approximate surface area is 188 Å². The van der Waals surface area contributed by atoms with Gasteiger partial charge in [0.25, 0.3) is 5.91 Å². The summed E-state index contributed by atoms with van der Waals surface area (Å²) in [6.45, 7) is 2.02. The van der Waals surface area contributed by atoms with Gasteiger partial charge in [0.2, 0.25) is 5.91 Å². The number of benzene rings is 2. The summed E-state index contributed by atoms with van der Waals surface area (Å²) in [5, 5.41) is 21.0. The minimum atomic E-state index is -0.323. The highest BCUT2D eigenvalue weighted by molar-refractivity contribution is 7.99. The van der Waals surface area contributed by atoms with Crippen molar-refractivity contribution in [3.8, 4) is 11.3 Å². The van der Waals surface area contributed by atoms with Crippen LogP contribution in [0.4, 0.5) is 11.5 Å². The maximum atomic E-state index is 12.7. The van der Waals surface area contributed by atoms with Crippen molar-refractivity contribution in [3.05, 3.63) is 72.1 Å². The number of hydrogen-bond acceptors (Lipinski definition) is 6. The van der Waals surface area contributed by atoms with Crippen molar-refractivity contribution in [3.63, 3.8) is 0 Å². The molecule has 0 bridgehead atoms. The number of aromatic nitrogens is 5. The van der Waals surface area contributed by atoms with E-state index in [9.17, 15) is 9.59 Å². The number of carbonyl (C=O) groups excluding carboxylic acids is 2. The van der Waals surface area contributed by atoms with E-state index in [1.54, 1.807) is 41.2 Å². The zero-order valence-electron chi connectivity index (χ0n) is 17.5. The van der Waals surface area contributed by atoms with Gasteiger partial charge in [0.1, 0.15) is 6.33 Å². The van der Waals surface area contributed by atoms with Gasteiger partial charge in [-0.3, -0.25) is 14.7 Å². The first-order chi connectivity index (χ1) is 15.5. The average Bonchev–Trinajstić information content (AvgIpc) is 3.42. The van der Waals surface area contributed by atoms with Crippen LogP contribution in [0, 0.1) is 6.92 Å². The Morgan fingerprint density at radius 2 is 1.91 bits per heavy atom. The second kappa shape index (κ2) is 9.48. The number of nitrogens with one attached hydrogen (secondary N) is 3. The van der Waals surface area contributed by atoms with Crippen LogP contribution in [0.3, 0.4) is 0 Å². The van der Waals surface area contributed by atoms with Crippen LogP contribution >= 0.6 is 11.8 Å². The van der Waals surface area contributed by atoms with Crippen LogP contribution in [0.25, 0.3) is 11.3 Å². The van der Waals surface area contributed by atoms with Gasteiger partial charge in [-0.15, -0.1) is 10.2 Å². The molecule has 2 aromatic heterocycles. The first-order valence-electron chi connectivity index (χ1n) is 9.78. The number of carbonyl (C=O) groups is 2. The van der Waals surface area contributed by atoms with Gasteiger partial charge in [0.05, 0.1) is 11.4 Å². The maximum Gasteiger partial charge on any atom is 0.256 e. The van der Waals surface area contributed by atoms with Crippen LogP contribution in [-0.4, -0.2) is 42.5 Å². The molecular weight excluding hydrogens is 426 g/mol. The summed E-state index contributed by atoms with van der Waals surface area (Å²) >= 11 is 1.28. The summed E-state index contributed by atoms with van der Waals surface area (Å²) in [6.07, 6.45) is 1.57. The number of hydrogen-bond donors (Lipinski definition) is 3. The minimum Gasteiger partial charge on any atom is -0.325 e. The van der Waals surface area contributed by atoms with Crippen LogP contribution in [0.2, 0.25) is 0 Å². The topological polar surface area (TPSA) is 118 Å². The molecule has 0 saturated carbocycles. The lowest BCUT2D eigenvalue weighted by molar-refractivity contribution is -0.113. The first-order valence-corrected chi connectivity index (χ1v) is 10.8. The predicted octanol–water partition coefficient (Wildman–Crippen LogP) is 3.50. The molecule has 9 nitrogen and oxygen atoms in total. The number of aromatic amines is 1. The lowest BCUT2D eigenvalue weighted by Crippen LogP contribution is -2.16. The fourth-order valence-electron chi connectivity index (χ4n) is 2.92. The van der Waals surface area contributed by atoms with Crippen molar-refractivity contribution in [2.24, 2.45) is 7.05 Å². The molecule has 0 aliphatic rings. The van der Waals surface area contributed by atoms with Gasteiger partial charge in [0, 0.05) is 24.4 Å². The number of thioether (sulfide) groups is 1. The molecule has 0 radical (unpaired) electrons. The molecule has 2 heterocycles. The minimum absolute atomic E-state index is 0.179. The normalized spacial score (nSPS) is 10.7. The monoisotopic (exact) mass is 447 g/mol. The third-order valence-electron chi connectivity index (χ3n) is 4.59. The molecule has 2 aromatic carbocycles. The van der Waals surface area contributed by atoms with E-state index in [1.165, 1.54) is 17.3 Å². The molecule has 2 amide bonds. The fraction of sp³-hybridized carbons (Fsp3) is 0.136. The molecule has 0 aliphatic heterocycles. The van der Waals surface area contributed by atoms with E-state index in [0.717, 1.165) is 11.3 Å². The molecule has 0 fully saturated rings. The molecule has 0 spiro atoms. The van der Waals surface area contributed by atoms with Crippen molar-refractivity contribution in [2.45, 2.75) is 12.1 Å². The molecule has 162 valence electrons. The zero-order valence-corrected chi connectivity index (χ0v) is 18.3. The van der Waals surface area contributed by atoms with Gasteiger partial charge in [-0.2, -0.15) is 5.10 Å². The van der Waals surface area contributed by atoms with Gasteiger partial charge < -0.3 is 15.2 Å². The first kappa shape index (κ1) is 21.3. The Balaban J connectivity index is 1.36. The summed E-state index contributed by atoms with van der Waals surface area (Å²) in [5.74, 6) is 0.0695. The van der Waals surface area contributed by atoms with E-state index >= 15 is 0 Å². The standard InChI is InChI=1S/C22H21N7O2S/c1-14-6-8-15(9-7-14)18-11-19(27-26-18)25-21(31)16-4-3-5-17(10-16)24-20(30)12-32-22-28-23-13-29(22)2/h3-11,13H,12H2,1-2H3,(H,24,30)(H2,25,26,27,31). The number of H-pyrrole nitrogens is 1. The second-order valence-corrected chi connectivity index (χ2v) is 8.07. The van der Waals surface area contributed by atoms with Gasteiger partial charge in [-0.25, -0.2) is 0 Å². The van der Waals surface area contributed by atoms with E-state index in [4.69, 9.17) is 0 Å². The third-order valence-corrected chi connectivity index (χ3v) is 5.63. The van der Waals surface area contributed by atoms with Crippen LogP contribution in [0.15, 0.2) is 66.1 Å². The lowest BCUT2D eigenvalue weighted by Gasteiger charge is -2.07. The molecule has 3 N–H and O–H groups in total. The number of aryl methyl sites for hydroxylation is 2. The molecule has 0 unspecified atom stereocenters. The number of nitrogens with zero attached hydrogens (tertiary/aromatic N) is 4. The van der Waals surface area contributed by atoms with Crippen molar-refractivity contribution >= 4 is 35.1 Å². The second-order valence-electron chi connectivity index (χ2n) is 7.13. The largest absolute Gasteiger partial charge is 0.325 e. The molecule has 10 heteroatoms. The van der Waals surface area contributed by atoms with E-state index < -0.39 is 0 Å². The predicted molar refractivity (Wildman–Crippen MR) is 124 cm³/mol. The highest BCUT2D eigenvalue weighted by Gasteiger charge is 2.12. The number of anilines is 2. The average molecular weight is 448 g/mol. The summed E-state index contributed by atoms with van der Waals surface area (Å²) < 4.78 is 1.74. The zero-order chi connectivity index (χ0) is 22.5. The molecular formula is C22H21N7O2S. The van der Waals surface area contributed by atoms with E-state index in [-0.39, 0.29) is 17.6 Å². The fourth-order valence-corrected chi connectivity index (χ4v) is 3.61. The third kappa shape index (κ3) is 5.22. The van der Waals surface area contributed by atoms with E-state index in [0.29, 0.717) is 22.2 Å². The van der Waals surface area contributed by atoms with Gasteiger partial charge in [-0.1, -0.05) is 47.7 Å². The summed E-state index contributed by atoms with van der Waals surface area (Å²) in [5.41, 5.74) is 3.89. The molecule has 0 saturated heterocycles. The smallest absolute Gasteiger partial charge is 0.256 e. The molecule has 32 heavy (non-hydrogen) atoms. The van der Waals surface area contributed by atoms with Crippen molar-refractivity contribution in [1.29, 1.82) is 0 Å². The quantitative estimate of drug-likeness (QED) is 0.373. The Hall–Kier alpha value is -3.92. The molecule has 4 rings (SSSR count). The SMILES string of the molecule is Cc1ccc(-c2cc(NC(=O)c3cccc(NC(=O)CSc4nncn4C)c3)n[nH]2)cc1.